The summed E-state index contributed by atoms with van der Waals surface area (Å²) in [6.45, 7) is 0. The van der Waals surface area contributed by atoms with E-state index in [0.29, 0.717) is 27.5 Å². The lowest BCUT2D eigenvalue weighted by atomic mass is 10.0. The summed E-state index contributed by atoms with van der Waals surface area (Å²) in [6.07, 6.45) is 0. The van der Waals surface area contributed by atoms with Gasteiger partial charge in [0.05, 0.1) is 15.6 Å². The molecule has 0 bridgehead atoms. The lowest BCUT2D eigenvalue weighted by molar-refractivity contribution is 0.436. The van der Waals surface area contributed by atoms with Crippen molar-refractivity contribution >= 4 is 29.0 Å². The number of nitrogen functional groups attached to an aromatic ring is 1. The summed E-state index contributed by atoms with van der Waals surface area (Å²) < 4.78 is 18.5. The number of halogens is 3. The van der Waals surface area contributed by atoms with Crippen molar-refractivity contribution in [3.05, 3.63) is 58.3 Å². The van der Waals surface area contributed by atoms with E-state index in [1.54, 1.807) is 18.2 Å². The van der Waals surface area contributed by atoms with Crippen LogP contribution in [0.3, 0.4) is 0 Å². The third-order valence-corrected chi connectivity index (χ3v) is 3.68. The van der Waals surface area contributed by atoms with Crippen LogP contribution < -0.4 is 5.73 Å². The highest BCUT2D eigenvalue weighted by Gasteiger charge is 2.21. The van der Waals surface area contributed by atoms with Crippen molar-refractivity contribution < 1.29 is 8.91 Å². The lowest BCUT2D eigenvalue weighted by Crippen LogP contribution is -1.90. The van der Waals surface area contributed by atoms with Crippen LogP contribution in [0.2, 0.25) is 10.0 Å². The van der Waals surface area contributed by atoms with Gasteiger partial charge in [0.2, 0.25) is 0 Å². The molecular weight excluding hydrogens is 314 g/mol. The largest absolute Gasteiger partial charge is 0.380 e. The van der Waals surface area contributed by atoms with Crippen LogP contribution in [-0.2, 0) is 0 Å². The van der Waals surface area contributed by atoms with Gasteiger partial charge in [-0.25, -0.2) is 4.39 Å². The summed E-state index contributed by atoms with van der Waals surface area (Å²) in [5.41, 5.74) is 7.53. The van der Waals surface area contributed by atoms with Crippen molar-refractivity contribution in [2.45, 2.75) is 0 Å². The Kier molecular flexibility index (Phi) is 3.57. The fourth-order valence-corrected chi connectivity index (χ4v) is 2.57. The molecule has 3 aromatic rings. The molecule has 0 fully saturated rings. The van der Waals surface area contributed by atoms with E-state index in [1.165, 1.54) is 18.2 Å². The van der Waals surface area contributed by atoms with E-state index < -0.39 is 5.82 Å². The predicted molar refractivity (Wildman–Crippen MR) is 81.8 cm³/mol. The highest BCUT2D eigenvalue weighted by Crippen LogP contribution is 2.41. The number of nitrogens with zero attached hydrogens (tertiary/aromatic N) is 1. The standard InChI is InChI=1S/C15H9Cl2FN2O/c16-11-4-2-1-3-10(11)14-13(15(19)20-21-14)9-6-5-8(18)7-12(9)17/h1-7H,(H2,19,20). The van der Waals surface area contributed by atoms with Gasteiger partial charge < -0.3 is 10.3 Å². The third kappa shape index (κ3) is 2.48. The van der Waals surface area contributed by atoms with Crippen LogP contribution in [0.1, 0.15) is 0 Å². The van der Waals surface area contributed by atoms with Crippen molar-refractivity contribution in [2.75, 3.05) is 5.73 Å². The number of rotatable bonds is 2. The van der Waals surface area contributed by atoms with E-state index in [0.717, 1.165) is 0 Å². The highest BCUT2D eigenvalue weighted by molar-refractivity contribution is 6.34. The van der Waals surface area contributed by atoms with E-state index in [2.05, 4.69) is 5.16 Å². The monoisotopic (exact) mass is 322 g/mol. The first-order valence-corrected chi connectivity index (χ1v) is 6.79. The van der Waals surface area contributed by atoms with Gasteiger partial charge in [-0.3, -0.25) is 0 Å². The van der Waals surface area contributed by atoms with E-state index in [1.807, 2.05) is 6.07 Å². The average molecular weight is 323 g/mol. The molecule has 3 nitrogen and oxygen atoms in total. The molecule has 0 saturated carbocycles. The van der Waals surface area contributed by atoms with E-state index >= 15 is 0 Å². The first-order chi connectivity index (χ1) is 10.1. The van der Waals surface area contributed by atoms with Gasteiger partial charge >= 0.3 is 0 Å². The molecule has 0 aliphatic carbocycles. The Hall–Kier alpha value is -2.04. The average Bonchev–Trinajstić information content (AvgIpc) is 2.81. The zero-order chi connectivity index (χ0) is 15.0. The number of aromatic nitrogens is 1. The zero-order valence-corrected chi connectivity index (χ0v) is 12.1. The molecule has 0 spiro atoms. The maximum absolute atomic E-state index is 13.2. The number of hydrogen-bond acceptors (Lipinski definition) is 3. The second kappa shape index (κ2) is 5.39. The van der Waals surface area contributed by atoms with Crippen molar-refractivity contribution in [3.63, 3.8) is 0 Å². The quantitative estimate of drug-likeness (QED) is 0.719. The Morgan fingerprint density at radius 3 is 2.48 bits per heavy atom. The molecule has 1 heterocycles. The Morgan fingerprint density at radius 1 is 1.00 bits per heavy atom. The molecule has 21 heavy (non-hydrogen) atoms. The van der Waals surface area contributed by atoms with Gasteiger partial charge in [0.25, 0.3) is 0 Å². The molecule has 0 atom stereocenters. The van der Waals surface area contributed by atoms with Gasteiger partial charge in [0.1, 0.15) is 5.82 Å². The van der Waals surface area contributed by atoms with Crippen molar-refractivity contribution in [3.8, 4) is 22.5 Å². The number of nitrogens with two attached hydrogens (primary N) is 1. The van der Waals surface area contributed by atoms with Crippen LogP contribution in [0.15, 0.2) is 47.0 Å². The highest BCUT2D eigenvalue weighted by atomic mass is 35.5. The minimum Gasteiger partial charge on any atom is -0.380 e. The summed E-state index contributed by atoms with van der Waals surface area (Å²) in [5.74, 6) is 0.128. The molecule has 2 aromatic carbocycles. The van der Waals surface area contributed by atoms with Gasteiger partial charge in [-0.2, -0.15) is 0 Å². The summed E-state index contributed by atoms with van der Waals surface area (Å²) in [5, 5.41) is 4.48. The first kappa shape index (κ1) is 13.9. The fourth-order valence-electron chi connectivity index (χ4n) is 2.08. The molecule has 0 aliphatic heterocycles. The first-order valence-electron chi connectivity index (χ1n) is 6.03. The number of anilines is 1. The van der Waals surface area contributed by atoms with Crippen LogP contribution >= 0.6 is 23.2 Å². The molecule has 0 unspecified atom stereocenters. The third-order valence-electron chi connectivity index (χ3n) is 3.04. The molecular formula is C15H9Cl2FN2O. The smallest absolute Gasteiger partial charge is 0.178 e. The van der Waals surface area contributed by atoms with Gasteiger partial charge in [-0.05, 0) is 30.3 Å². The summed E-state index contributed by atoms with van der Waals surface area (Å²) in [4.78, 5) is 0. The van der Waals surface area contributed by atoms with Crippen LogP contribution in [0, 0.1) is 5.82 Å². The van der Waals surface area contributed by atoms with Crippen LogP contribution in [-0.4, -0.2) is 5.16 Å². The molecule has 1 aromatic heterocycles. The van der Waals surface area contributed by atoms with E-state index in [4.69, 9.17) is 33.5 Å². The predicted octanol–water partition coefficient (Wildman–Crippen LogP) is 5.04. The number of hydrogen-bond donors (Lipinski definition) is 1. The van der Waals surface area contributed by atoms with Crippen LogP contribution in [0.25, 0.3) is 22.5 Å². The number of benzene rings is 2. The molecule has 0 saturated heterocycles. The van der Waals surface area contributed by atoms with Crippen molar-refractivity contribution in [2.24, 2.45) is 0 Å². The SMILES string of the molecule is Nc1noc(-c2ccccc2Cl)c1-c1ccc(F)cc1Cl. The van der Waals surface area contributed by atoms with Gasteiger partial charge in [-0.1, -0.05) is 40.5 Å². The molecule has 0 aliphatic rings. The second-order valence-corrected chi connectivity index (χ2v) is 5.19. The summed E-state index contributed by atoms with van der Waals surface area (Å²) in [7, 11) is 0. The summed E-state index contributed by atoms with van der Waals surface area (Å²) in [6, 6.07) is 11.2. The Labute approximate surface area is 130 Å². The van der Waals surface area contributed by atoms with Crippen molar-refractivity contribution in [1.29, 1.82) is 0 Å². The maximum atomic E-state index is 13.2. The van der Waals surface area contributed by atoms with E-state index in [9.17, 15) is 4.39 Å². The maximum Gasteiger partial charge on any atom is 0.178 e. The van der Waals surface area contributed by atoms with Gasteiger partial charge in [0.15, 0.2) is 11.6 Å². The normalized spacial score (nSPS) is 10.8. The van der Waals surface area contributed by atoms with Crippen molar-refractivity contribution in [1.82, 2.24) is 5.16 Å². The zero-order valence-electron chi connectivity index (χ0n) is 10.6. The molecule has 0 radical (unpaired) electrons. The molecule has 6 heteroatoms. The Morgan fingerprint density at radius 2 is 1.76 bits per heavy atom. The van der Waals surface area contributed by atoms with E-state index in [-0.39, 0.29) is 10.8 Å². The minimum atomic E-state index is -0.432. The fraction of sp³-hybridized carbons (Fsp3) is 0. The van der Waals surface area contributed by atoms with Crippen LogP contribution in [0.4, 0.5) is 10.2 Å². The molecule has 2 N–H and O–H groups in total. The van der Waals surface area contributed by atoms with Gasteiger partial charge in [-0.15, -0.1) is 0 Å². The molecule has 0 amide bonds. The topological polar surface area (TPSA) is 52.0 Å². The Balaban J connectivity index is 2.25. The second-order valence-electron chi connectivity index (χ2n) is 4.38. The lowest BCUT2D eigenvalue weighted by Gasteiger charge is -2.06. The van der Waals surface area contributed by atoms with Crippen LogP contribution in [0.5, 0.6) is 0 Å². The molecule has 3 rings (SSSR count). The van der Waals surface area contributed by atoms with Gasteiger partial charge in [0, 0.05) is 11.1 Å². The Bertz CT molecular complexity index is 817. The molecule has 106 valence electrons. The summed E-state index contributed by atoms with van der Waals surface area (Å²) >= 11 is 12.3. The minimum absolute atomic E-state index is 0.165.